The zero-order chi connectivity index (χ0) is 15.0. The predicted octanol–water partition coefficient (Wildman–Crippen LogP) is 2.80. The van der Waals surface area contributed by atoms with Gasteiger partial charge in [0.2, 0.25) is 0 Å². The summed E-state index contributed by atoms with van der Waals surface area (Å²) in [6.45, 7) is 6.46. The van der Waals surface area contributed by atoms with Crippen LogP contribution in [0, 0.1) is 6.92 Å². The van der Waals surface area contributed by atoms with Crippen molar-refractivity contribution in [3.05, 3.63) is 29.8 Å². The van der Waals surface area contributed by atoms with Gasteiger partial charge in [0.25, 0.3) is 0 Å². The summed E-state index contributed by atoms with van der Waals surface area (Å²) in [6.07, 6.45) is 0.778. The number of nitrogens with one attached hydrogen (secondary N) is 1. The number of hydrogen-bond acceptors (Lipinski definition) is 3. The van der Waals surface area contributed by atoms with Gasteiger partial charge in [-0.2, -0.15) is 0 Å². The number of anilines is 1. The number of esters is 1. The number of rotatable bonds is 6. The molecular weight excluding hydrogens is 256 g/mol. The third-order valence-corrected chi connectivity index (χ3v) is 2.68. The minimum atomic E-state index is -0.389. The molecule has 1 aromatic rings. The number of ether oxygens (including phenoxy) is 1. The molecule has 0 aliphatic heterocycles. The second kappa shape index (κ2) is 8.19. The molecule has 1 rings (SSSR count). The van der Waals surface area contributed by atoms with Gasteiger partial charge in [0.15, 0.2) is 0 Å². The molecule has 1 N–H and O–H groups in total. The van der Waals surface area contributed by atoms with Crippen molar-refractivity contribution < 1.29 is 14.3 Å². The van der Waals surface area contributed by atoms with Crippen LogP contribution < -0.4 is 5.32 Å². The smallest absolute Gasteiger partial charge is 0.325 e. The number of aryl methyl sites for hydroxylation is 1. The van der Waals surface area contributed by atoms with E-state index in [-0.39, 0.29) is 18.5 Å². The summed E-state index contributed by atoms with van der Waals surface area (Å²) in [4.78, 5) is 25.1. The molecule has 0 fully saturated rings. The highest BCUT2D eigenvalue weighted by Crippen LogP contribution is 2.10. The molecule has 0 unspecified atom stereocenters. The molecular formula is C15H22N2O3. The highest BCUT2D eigenvalue weighted by Gasteiger charge is 2.17. The van der Waals surface area contributed by atoms with Crippen LogP contribution in [0.25, 0.3) is 0 Å². The Balaban J connectivity index is 2.66. The normalized spacial score (nSPS) is 9.95. The third kappa shape index (κ3) is 5.30. The lowest BCUT2D eigenvalue weighted by Crippen LogP contribution is -2.39. The van der Waals surface area contributed by atoms with Crippen molar-refractivity contribution >= 4 is 17.7 Å². The monoisotopic (exact) mass is 278 g/mol. The predicted molar refractivity (Wildman–Crippen MR) is 78.7 cm³/mol. The van der Waals surface area contributed by atoms with E-state index in [1.165, 1.54) is 4.90 Å². The summed E-state index contributed by atoms with van der Waals surface area (Å²) in [5, 5.41) is 2.79. The first kappa shape index (κ1) is 16.0. The molecule has 0 radical (unpaired) electrons. The van der Waals surface area contributed by atoms with Crippen LogP contribution in [0.4, 0.5) is 10.5 Å². The number of carbonyl (C=O) groups excluding carboxylic acids is 2. The first-order chi connectivity index (χ1) is 9.56. The molecule has 2 amide bonds. The van der Waals surface area contributed by atoms with Gasteiger partial charge in [-0.05, 0) is 38.0 Å². The van der Waals surface area contributed by atoms with E-state index >= 15 is 0 Å². The Morgan fingerprint density at radius 3 is 2.65 bits per heavy atom. The molecule has 0 bridgehead atoms. The van der Waals surface area contributed by atoms with Crippen molar-refractivity contribution in [2.75, 3.05) is 25.0 Å². The van der Waals surface area contributed by atoms with E-state index in [4.69, 9.17) is 4.74 Å². The fourth-order valence-corrected chi connectivity index (χ4v) is 1.81. The van der Waals surface area contributed by atoms with E-state index in [1.54, 1.807) is 6.92 Å². The fourth-order valence-electron chi connectivity index (χ4n) is 1.81. The van der Waals surface area contributed by atoms with Gasteiger partial charge in [0, 0.05) is 12.2 Å². The topological polar surface area (TPSA) is 58.6 Å². The average molecular weight is 278 g/mol. The molecule has 0 atom stereocenters. The van der Waals surface area contributed by atoms with Crippen molar-refractivity contribution in [3.8, 4) is 0 Å². The lowest BCUT2D eigenvalue weighted by Gasteiger charge is -2.21. The lowest BCUT2D eigenvalue weighted by molar-refractivity contribution is -0.143. The Kier molecular flexibility index (Phi) is 6.56. The molecule has 0 spiro atoms. The molecule has 0 aromatic heterocycles. The van der Waals surface area contributed by atoms with Gasteiger partial charge in [-0.15, -0.1) is 0 Å². The molecule has 1 aromatic carbocycles. The fraction of sp³-hybridized carbons (Fsp3) is 0.467. The van der Waals surface area contributed by atoms with Gasteiger partial charge in [0.05, 0.1) is 6.61 Å². The lowest BCUT2D eigenvalue weighted by atomic mass is 10.2. The zero-order valence-corrected chi connectivity index (χ0v) is 12.3. The quantitative estimate of drug-likeness (QED) is 0.814. The van der Waals surface area contributed by atoms with Crippen molar-refractivity contribution in [3.63, 3.8) is 0 Å². The highest BCUT2D eigenvalue weighted by atomic mass is 16.5. The molecule has 0 heterocycles. The van der Waals surface area contributed by atoms with Crippen LogP contribution in [0.15, 0.2) is 24.3 Å². The number of amides is 2. The molecule has 5 heteroatoms. The van der Waals surface area contributed by atoms with Crippen molar-refractivity contribution in [1.29, 1.82) is 0 Å². The molecule has 110 valence electrons. The number of benzene rings is 1. The van der Waals surface area contributed by atoms with Crippen LogP contribution in [0.3, 0.4) is 0 Å². The minimum absolute atomic E-state index is 0.0284. The average Bonchev–Trinajstić information content (AvgIpc) is 2.38. The molecule has 20 heavy (non-hydrogen) atoms. The number of urea groups is 1. The number of hydrogen-bond donors (Lipinski definition) is 1. The maximum Gasteiger partial charge on any atom is 0.325 e. The second-order valence-corrected chi connectivity index (χ2v) is 4.53. The third-order valence-electron chi connectivity index (χ3n) is 2.68. The van der Waals surface area contributed by atoms with Crippen LogP contribution >= 0.6 is 0 Å². The van der Waals surface area contributed by atoms with Gasteiger partial charge >= 0.3 is 12.0 Å². The molecule has 5 nitrogen and oxygen atoms in total. The van der Waals surface area contributed by atoms with Gasteiger partial charge in [-0.3, -0.25) is 4.79 Å². The molecule has 0 aliphatic carbocycles. The van der Waals surface area contributed by atoms with Gasteiger partial charge < -0.3 is 15.0 Å². The Labute approximate surface area is 119 Å². The summed E-state index contributed by atoms with van der Waals surface area (Å²) < 4.78 is 4.88. The van der Waals surface area contributed by atoms with E-state index < -0.39 is 0 Å². The van der Waals surface area contributed by atoms with E-state index in [0.29, 0.717) is 13.2 Å². The van der Waals surface area contributed by atoms with Crippen molar-refractivity contribution in [2.24, 2.45) is 0 Å². The largest absolute Gasteiger partial charge is 0.465 e. The highest BCUT2D eigenvalue weighted by molar-refractivity contribution is 5.91. The summed E-state index contributed by atoms with van der Waals surface area (Å²) in [5.74, 6) is -0.389. The van der Waals surface area contributed by atoms with E-state index in [2.05, 4.69) is 5.32 Å². The maximum atomic E-state index is 12.2. The van der Waals surface area contributed by atoms with Gasteiger partial charge in [-0.1, -0.05) is 19.1 Å². The van der Waals surface area contributed by atoms with Gasteiger partial charge in [0.1, 0.15) is 6.54 Å². The summed E-state index contributed by atoms with van der Waals surface area (Å²) in [6, 6.07) is 7.25. The SMILES string of the molecule is CCCN(CC(=O)OCC)C(=O)Nc1cccc(C)c1. The standard InChI is InChI=1S/C15H22N2O3/c1-4-9-17(11-14(18)20-5-2)15(19)16-13-8-6-7-12(3)10-13/h6-8,10H,4-5,9,11H2,1-3H3,(H,16,19). The number of carbonyl (C=O) groups is 2. The van der Waals surface area contributed by atoms with Crippen LogP contribution in [0.5, 0.6) is 0 Å². The van der Waals surface area contributed by atoms with Gasteiger partial charge in [-0.25, -0.2) is 4.79 Å². The van der Waals surface area contributed by atoms with Crippen molar-refractivity contribution in [1.82, 2.24) is 4.90 Å². The first-order valence-corrected chi connectivity index (χ1v) is 6.85. The first-order valence-electron chi connectivity index (χ1n) is 6.85. The van der Waals surface area contributed by atoms with E-state index in [9.17, 15) is 9.59 Å². The Morgan fingerprint density at radius 1 is 1.30 bits per heavy atom. The molecule has 0 saturated carbocycles. The molecule has 0 aliphatic rings. The van der Waals surface area contributed by atoms with Crippen LogP contribution in [-0.2, 0) is 9.53 Å². The summed E-state index contributed by atoms with van der Waals surface area (Å²) in [5.41, 5.74) is 1.79. The zero-order valence-electron chi connectivity index (χ0n) is 12.3. The van der Waals surface area contributed by atoms with E-state index in [0.717, 1.165) is 17.7 Å². The summed E-state index contributed by atoms with van der Waals surface area (Å²) in [7, 11) is 0. The summed E-state index contributed by atoms with van der Waals surface area (Å²) >= 11 is 0. The van der Waals surface area contributed by atoms with E-state index in [1.807, 2.05) is 38.1 Å². The Bertz CT molecular complexity index is 460. The Morgan fingerprint density at radius 2 is 2.05 bits per heavy atom. The minimum Gasteiger partial charge on any atom is -0.465 e. The molecule has 0 saturated heterocycles. The van der Waals surface area contributed by atoms with Crippen LogP contribution in [0.1, 0.15) is 25.8 Å². The number of nitrogens with zero attached hydrogens (tertiary/aromatic N) is 1. The van der Waals surface area contributed by atoms with Crippen LogP contribution in [0.2, 0.25) is 0 Å². The Hall–Kier alpha value is -2.04. The van der Waals surface area contributed by atoms with Crippen LogP contribution in [-0.4, -0.2) is 36.6 Å². The van der Waals surface area contributed by atoms with Crippen molar-refractivity contribution in [2.45, 2.75) is 27.2 Å². The maximum absolute atomic E-state index is 12.2. The second-order valence-electron chi connectivity index (χ2n) is 4.53.